The number of anilines is 1. The Bertz CT molecular complexity index is 1490. The largest absolute Gasteiger partial charge is 0.497 e. The molecule has 4 aromatic carbocycles. The maximum Gasteiger partial charge on any atom is 0.234 e. The quantitative estimate of drug-likeness (QED) is 0.262. The van der Waals surface area contributed by atoms with E-state index in [0.717, 1.165) is 28.0 Å². The molecule has 206 valence electrons. The number of halogens is 1. The van der Waals surface area contributed by atoms with Crippen molar-refractivity contribution < 1.29 is 24.1 Å². The number of carbonyl (C=O) groups is 1. The summed E-state index contributed by atoms with van der Waals surface area (Å²) < 4.78 is 17.5. The third kappa shape index (κ3) is 5.06. The van der Waals surface area contributed by atoms with E-state index in [-0.39, 0.29) is 18.4 Å². The molecule has 1 unspecified atom stereocenters. The summed E-state index contributed by atoms with van der Waals surface area (Å²) in [6.45, 7) is 3.90. The van der Waals surface area contributed by atoms with Gasteiger partial charge in [0.2, 0.25) is 11.6 Å². The molecule has 0 aromatic heterocycles. The van der Waals surface area contributed by atoms with Crippen LogP contribution in [0, 0.1) is 0 Å². The van der Waals surface area contributed by atoms with Gasteiger partial charge in [-0.05, 0) is 85.1 Å². The lowest BCUT2D eigenvalue weighted by molar-refractivity contribution is -0.128. The standard InChI is InChI=1S/C33H32ClNO5/c1-21(2)40-33(25-9-11-26(34)12-10-25)30-18-17-29(39-4)19-24(30)20-31(36)35(33)27-13-5-22(6-14-27)32(37)23-7-15-28(38-3)16-8-23/h5-19,21,32,37H,20H2,1-4H3/t32?,33-/m0/s1. The molecule has 0 aliphatic carbocycles. The highest BCUT2D eigenvalue weighted by Crippen LogP contribution is 2.47. The molecule has 6 nitrogen and oxygen atoms in total. The summed E-state index contributed by atoms with van der Waals surface area (Å²) in [5.41, 5.74) is 3.29. The number of ether oxygens (including phenoxy) is 3. The monoisotopic (exact) mass is 557 g/mol. The second-order valence-corrected chi connectivity index (χ2v) is 10.5. The molecular formula is C33H32ClNO5. The maximum absolute atomic E-state index is 14.0. The number of hydrogen-bond donors (Lipinski definition) is 1. The molecule has 1 N–H and O–H groups in total. The molecule has 0 saturated carbocycles. The summed E-state index contributed by atoms with van der Waals surface area (Å²) in [7, 11) is 3.21. The lowest BCUT2D eigenvalue weighted by Crippen LogP contribution is -2.57. The second kappa shape index (κ2) is 11.3. The van der Waals surface area contributed by atoms with Gasteiger partial charge in [0.05, 0.1) is 26.7 Å². The Labute approximate surface area is 239 Å². The summed E-state index contributed by atoms with van der Waals surface area (Å²) in [6, 6.07) is 27.8. The Morgan fingerprint density at radius 3 is 1.98 bits per heavy atom. The van der Waals surface area contributed by atoms with Crippen LogP contribution in [0.5, 0.6) is 11.5 Å². The molecule has 40 heavy (non-hydrogen) atoms. The Morgan fingerprint density at radius 2 is 1.40 bits per heavy atom. The molecule has 0 bridgehead atoms. The molecule has 0 spiro atoms. The van der Waals surface area contributed by atoms with E-state index >= 15 is 0 Å². The fourth-order valence-electron chi connectivity index (χ4n) is 5.31. The number of amides is 1. The Balaban J connectivity index is 1.64. The van der Waals surface area contributed by atoms with Gasteiger partial charge in [-0.3, -0.25) is 9.69 Å². The van der Waals surface area contributed by atoms with Crippen LogP contribution in [-0.4, -0.2) is 31.3 Å². The minimum Gasteiger partial charge on any atom is -0.497 e. The van der Waals surface area contributed by atoms with Gasteiger partial charge in [-0.1, -0.05) is 48.0 Å². The molecule has 7 heteroatoms. The number of fused-ring (bicyclic) bond motifs is 1. The molecular weight excluding hydrogens is 526 g/mol. The molecule has 1 amide bonds. The van der Waals surface area contributed by atoms with Gasteiger partial charge in [0, 0.05) is 21.8 Å². The maximum atomic E-state index is 14.0. The number of nitrogens with zero attached hydrogens (tertiary/aromatic N) is 1. The van der Waals surface area contributed by atoms with E-state index in [1.165, 1.54) is 0 Å². The minimum absolute atomic E-state index is 0.125. The van der Waals surface area contributed by atoms with Crippen LogP contribution in [0.15, 0.2) is 91.0 Å². The molecule has 1 aliphatic rings. The van der Waals surface area contributed by atoms with E-state index in [9.17, 15) is 9.90 Å². The average Bonchev–Trinajstić information content (AvgIpc) is 2.96. The first kappa shape index (κ1) is 27.7. The predicted molar refractivity (Wildman–Crippen MR) is 156 cm³/mol. The van der Waals surface area contributed by atoms with Crippen molar-refractivity contribution in [2.75, 3.05) is 19.1 Å². The predicted octanol–water partition coefficient (Wildman–Crippen LogP) is 6.65. The van der Waals surface area contributed by atoms with Gasteiger partial charge in [0.15, 0.2) is 0 Å². The van der Waals surface area contributed by atoms with Crippen molar-refractivity contribution in [2.45, 2.75) is 38.2 Å². The Morgan fingerprint density at radius 1 is 0.825 bits per heavy atom. The van der Waals surface area contributed by atoms with Crippen LogP contribution < -0.4 is 14.4 Å². The van der Waals surface area contributed by atoms with Crippen molar-refractivity contribution in [1.29, 1.82) is 0 Å². The Kier molecular flexibility index (Phi) is 7.86. The zero-order valence-corrected chi connectivity index (χ0v) is 23.7. The topological polar surface area (TPSA) is 68.2 Å². The van der Waals surface area contributed by atoms with Crippen molar-refractivity contribution in [2.24, 2.45) is 0 Å². The van der Waals surface area contributed by atoms with E-state index < -0.39 is 11.8 Å². The first-order valence-corrected chi connectivity index (χ1v) is 13.5. The summed E-state index contributed by atoms with van der Waals surface area (Å²) in [6.07, 6.45) is -0.882. The van der Waals surface area contributed by atoms with E-state index in [0.29, 0.717) is 22.0 Å². The molecule has 2 atom stereocenters. The van der Waals surface area contributed by atoms with Crippen LogP contribution in [0.1, 0.15) is 47.8 Å². The number of carbonyl (C=O) groups excluding carboxylic acids is 1. The van der Waals surface area contributed by atoms with Crippen molar-refractivity contribution in [3.8, 4) is 11.5 Å². The van der Waals surface area contributed by atoms with E-state index in [4.69, 9.17) is 25.8 Å². The van der Waals surface area contributed by atoms with Gasteiger partial charge >= 0.3 is 0 Å². The summed E-state index contributed by atoms with van der Waals surface area (Å²) >= 11 is 6.27. The van der Waals surface area contributed by atoms with Crippen molar-refractivity contribution in [3.05, 3.63) is 124 Å². The minimum atomic E-state index is -1.26. The molecule has 5 rings (SSSR count). The molecule has 1 aliphatic heterocycles. The zero-order chi connectivity index (χ0) is 28.4. The normalized spacial score (nSPS) is 17.5. The van der Waals surface area contributed by atoms with Gasteiger partial charge in [0.25, 0.3) is 0 Å². The van der Waals surface area contributed by atoms with Crippen LogP contribution in [0.3, 0.4) is 0 Å². The lowest BCUT2D eigenvalue weighted by Gasteiger charge is -2.48. The van der Waals surface area contributed by atoms with E-state index in [2.05, 4.69) is 0 Å². The number of methoxy groups -OCH3 is 2. The van der Waals surface area contributed by atoms with Crippen molar-refractivity contribution in [1.82, 2.24) is 0 Å². The summed E-state index contributed by atoms with van der Waals surface area (Å²) in [5, 5.41) is 11.6. The molecule has 0 radical (unpaired) electrons. The number of benzene rings is 4. The third-order valence-electron chi connectivity index (χ3n) is 7.12. The third-order valence-corrected chi connectivity index (χ3v) is 7.38. The van der Waals surface area contributed by atoms with Crippen LogP contribution in [0.25, 0.3) is 0 Å². The molecule has 0 saturated heterocycles. The van der Waals surface area contributed by atoms with E-state index in [1.807, 2.05) is 92.7 Å². The lowest BCUT2D eigenvalue weighted by atomic mass is 9.83. The fraction of sp³-hybridized carbons (Fsp3) is 0.242. The molecule has 4 aromatic rings. The van der Waals surface area contributed by atoms with Gasteiger partial charge in [-0.2, -0.15) is 0 Å². The van der Waals surface area contributed by atoms with Crippen molar-refractivity contribution >= 4 is 23.2 Å². The van der Waals surface area contributed by atoms with Gasteiger partial charge in [-0.25, -0.2) is 0 Å². The van der Waals surface area contributed by atoms with Crippen LogP contribution in [0.2, 0.25) is 5.02 Å². The van der Waals surface area contributed by atoms with Crippen molar-refractivity contribution in [3.63, 3.8) is 0 Å². The number of aliphatic hydroxyl groups is 1. The van der Waals surface area contributed by atoms with Crippen LogP contribution in [0.4, 0.5) is 5.69 Å². The Hall–Kier alpha value is -3.84. The first-order valence-electron chi connectivity index (χ1n) is 13.1. The molecule has 0 fully saturated rings. The van der Waals surface area contributed by atoms with E-state index in [1.54, 1.807) is 31.3 Å². The highest BCUT2D eigenvalue weighted by Gasteiger charge is 2.50. The van der Waals surface area contributed by atoms with Gasteiger partial charge < -0.3 is 19.3 Å². The van der Waals surface area contributed by atoms with Crippen LogP contribution >= 0.6 is 11.6 Å². The fourth-order valence-corrected chi connectivity index (χ4v) is 5.43. The highest BCUT2D eigenvalue weighted by atomic mass is 35.5. The number of hydrogen-bond acceptors (Lipinski definition) is 5. The zero-order valence-electron chi connectivity index (χ0n) is 22.9. The summed E-state index contributed by atoms with van der Waals surface area (Å²) in [5.74, 6) is 1.27. The second-order valence-electron chi connectivity index (χ2n) is 10.0. The number of rotatable bonds is 8. The SMILES string of the molecule is COc1ccc(C(O)c2ccc(N3C(=O)Cc4cc(OC)ccc4[C@@]3(OC(C)C)c3ccc(Cl)cc3)cc2)cc1. The van der Waals surface area contributed by atoms with Gasteiger partial charge in [0.1, 0.15) is 17.6 Å². The summed E-state index contributed by atoms with van der Waals surface area (Å²) in [4.78, 5) is 15.7. The average molecular weight is 558 g/mol. The van der Waals surface area contributed by atoms with Crippen LogP contribution in [-0.2, 0) is 21.7 Å². The molecule has 1 heterocycles. The first-order chi connectivity index (χ1) is 19.3. The smallest absolute Gasteiger partial charge is 0.234 e. The number of aliphatic hydroxyl groups excluding tert-OH is 1. The highest BCUT2D eigenvalue weighted by molar-refractivity contribution is 6.30. The van der Waals surface area contributed by atoms with Gasteiger partial charge in [-0.15, -0.1) is 0 Å².